The summed E-state index contributed by atoms with van der Waals surface area (Å²) < 4.78 is 24.7. The van der Waals surface area contributed by atoms with E-state index in [0.29, 0.717) is 12.8 Å². The fraction of sp³-hybridized carbons (Fsp3) is 0.935. The van der Waals surface area contributed by atoms with E-state index < -0.39 is 41.4 Å². The van der Waals surface area contributed by atoms with Gasteiger partial charge >= 0.3 is 5.97 Å². The number of carbonyl (C=O) groups excluding carboxylic acids is 2. The molecule has 0 radical (unpaired) electrons. The molecule has 2 fully saturated rings. The fourth-order valence-electron chi connectivity index (χ4n) is 6.54. The van der Waals surface area contributed by atoms with Crippen molar-refractivity contribution in [2.24, 2.45) is 17.3 Å². The number of ether oxygens (including phenoxy) is 4. The maximum atomic E-state index is 14.1. The lowest BCUT2D eigenvalue weighted by Crippen LogP contribution is -2.59. The molecule has 1 N–H and O–H groups in total. The summed E-state index contributed by atoms with van der Waals surface area (Å²) in [5, 5.41) is 11.3. The molecule has 0 spiro atoms. The first kappa shape index (κ1) is 36.1. The van der Waals surface area contributed by atoms with Crippen molar-refractivity contribution >= 4 is 11.8 Å². The first-order valence-corrected chi connectivity index (χ1v) is 15.2. The summed E-state index contributed by atoms with van der Waals surface area (Å²) in [6.07, 6.45) is 0.296. The SMILES string of the molecule is CO[C@]1(C)C[C@@H](C)CN(C)[C@@H](CCCN(C)C)COC(=O)C(C)(C)C(=O)[C@H](C)[C@H]1O[C@@H]1O[C@H](C)C[C@H](N(C)C)[C@H]1O. The third kappa shape index (κ3) is 9.17. The van der Waals surface area contributed by atoms with Crippen molar-refractivity contribution < 1.29 is 33.6 Å². The summed E-state index contributed by atoms with van der Waals surface area (Å²) in [5.41, 5.74) is -2.30. The quantitative estimate of drug-likeness (QED) is 0.338. The first-order chi connectivity index (χ1) is 18.9. The predicted molar refractivity (Wildman–Crippen MR) is 160 cm³/mol. The molecule has 2 saturated heterocycles. The van der Waals surface area contributed by atoms with Crippen LogP contribution in [0.3, 0.4) is 0 Å². The van der Waals surface area contributed by atoms with Crippen molar-refractivity contribution in [1.82, 2.24) is 14.7 Å². The molecular weight excluding hydrogens is 526 g/mol. The molecule has 240 valence electrons. The minimum absolute atomic E-state index is 0.0292. The molecule has 0 saturated carbocycles. The molecule has 0 amide bonds. The lowest BCUT2D eigenvalue weighted by atomic mass is 9.74. The molecule has 0 aromatic rings. The molecule has 0 unspecified atom stereocenters. The first-order valence-electron chi connectivity index (χ1n) is 15.2. The highest BCUT2D eigenvalue weighted by molar-refractivity contribution is 6.04. The summed E-state index contributed by atoms with van der Waals surface area (Å²) >= 11 is 0. The standard InChI is InChI=1S/C31H59N3O7/c1-20-17-31(6,38-12)27(41-28-25(35)24(33(9)10)16-21(2)40-28)22(3)26(36)30(4,5)29(37)39-19-23(34(11)18-20)14-13-15-32(7)8/h20-25,27-28,35H,13-19H2,1-12H3/t20-,21-,22+,23+,24+,25-,27-,28+,31-/m1/s1. The molecular formula is C31H59N3O7. The maximum absolute atomic E-state index is 14.1. The molecule has 10 heteroatoms. The Morgan fingerprint density at radius 3 is 2.29 bits per heavy atom. The summed E-state index contributed by atoms with van der Waals surface area (Å²) in [6.45, 7) is 13.0. The number of cyclic esters (lactones) is 1. The van der Waals surface area contributed by atoms with Gasteiger partial charge in [-0.15, -0.1) is 0 Å². The van der Waals surface area contributed by atoms with Crippen LogP contribution in [0, 0.1) is 17.3 Å². The van der Waals surface area contributed by atoms with E-state index in [9.17, 15) is 14.7 Å². The van der Waals surface area contributed by atoms with E-state index in [0.717, 1.165) is 25.9 Å². The monoisotopic (exact) mass is 585 g/mol. The van der Waals surface area contributed by atoms with Gasteiger partial charge in [-0.1, -0.05) is 13.8 Å². The number of rotatable bonds is 8. The minimum Gasteiger partial charge on any atom is -0.463 e. The average Bonchev–Trinajstić information content (AvgIpc) is 2.88. The molecule has 2 rings (SSSR count). The number of likely N-dealkylation sites (N-methyl/N-ethyl adjacent to an activating group) is 2. The lowest BCUT2D eigenvalue weighted by Gasteiger charge is -2.47. The Kier molecular flexibility index (Phi) is 13.2. The van der Waals surface area contributed by atoms with Gasteiger partial charge in [-0.05, 0) is 101 Å². The number of hydrogen-bond donors (Lipinski definition) is 1. The zero-order valence-corrected chi connectivity index (χ0v) is 27.8. The van der Waals surface area contributed by atoms with Gasteiger partial charge in [0.2, 0.25) is 0 Å². The number of esters is 1. The van der Waals surface area contributed by atoms with Crippen LogP contribution in [-0.2, 0) is 28.5 Å². The highest BCUT2D eigenvalue weighted by Gasteiger charge is 2.51. The zero-order chi connectivity index (χ0) is 31.3. The topological polar surface area (TPSA) is 101 Å². The van der Waals surface area contributed by atoms with Crippen molar-refractivity contribution in [2.45, 2.75) is 110 Å². The van der Waals surface area contributed by atoms with Crippen LogP contribution in [-0.4, -0.2) is 136 Å². The number of methoxy groups -OCH3 is 1. The van der Waals surface area contributed by atoms with E-state index in [1.807, 2.05) is 46.9 Å². The molecule has 9 atom stereocenters. The van der Waals surface area contributed by atoms with E-state index in [1.54, 1.807) is 27.9 Å². The van der Waals surface area contributed by atoms with Crippen LogP contribution in [0.15, 0.2) is 0 Å². The Morgan fingerprint density at radius 2 is 1.73 bits per heavy atom. The average molecular weight is 586 g/mol. The third-order valence-corrected chi connectivity index (χ3v) is 9.15. The summed E-state index contributed by atoms with van der Waals surface area (Å²) in [7, 11) is 11.6. The number of aliphatic hydroxyl groups excluding tert-OH is 1. The van der Waals surface area contributed by atoms with E-state index in [1.165, 1.54) is 0 Å². The second-order valence-electron chi connectivity index (χ2n) is 13.9. The van der Waals surface area contributed by atoms with Crippen molar-refractivity contribution in [1.29, 1.82) is 0 Å². The van der Waals surface area contributed by atoms with Crippen LogP contribution in [0.25, 0.3) is 0 Å². The Hall–Kier alpha value is -1.14. The Balaban J connectivity index is 2.48. The second-order valence-corrected chi connectivity index (χ2v) is 13.9. The second kappa shape index (κ2) is 15.0. The highest BCUT2D eigenvalue weighted by atomic mass is 16.7. The molecule has 41 heavy (non-hydrogen) atoms. The number of ketones is 1. The van der Waals surface area contributed by atoms with E-state index in [4.69, 9.17) is 18.9 Å². The normalized spacial score (nSPS) is 38.3. The van der Waals surface area contributed by atoms with Crippen LogP contribution in [0.2, 0.25) is 0 Å². The number of carbonyl (C=O) groups is 2. The van der Waals surface area contributed by atoms with Crippen LogP contribution in [0.5, 0.6) is 0 Å². The smallest absolute Gasteiger partial charge is 0.319 e. The van der Waals surface area contributed by atoms with Gasteiger partial charge in [-0.25, -0.2) is 0 Å². The highest BCUT2D eigenvalue weighted by Crippen LogP contribution is 2.38. The van der Waals surface area contributed by atoms with E-state index in [2.05, 4.69) is 23.8 Å². The Morgan fingerprint density at radius 1 is 1.10 bits per heavy atom. The van der Waals surface area contributed by atoms with Crippen molar-refractivity contribution in [3.63, 3.8) is 0 Å². The van der Waals surface area contributed by atoms with Gasteiger partial charge in [0, 0.05) is 31.7 Å². The van der Waals surface area contributed by atoms with Crippen molar-refractivity contribution in [3.8, 4) is 0 Å². The number of hydrogen-bond acceptors (Lipinski definition) is 10. The molecule has 0 aromatic heterocycles. The van der Waals surface area contributed by atoms with E-state index >= 15 is 0 Å². The molecule has 0 bridgehead atoms. The Labute approximate surface area is 249 Å². The zero-order valence-electron chi connectivity index (χ0n) is 27.8. The number of Topliss-reactive ketones (excluding diaryl/α,β-unsaturated/α-hetero) is 1. The van der Waals surface area contributed by atoms with E-state index in [-0.39, 0.29) is 36.5 Å². The van der Waals surface area contributed by atoms with Gasteiger partial charge in [0.05, 0.1) is 17.8 Å². The number of nitrogens with zero attached hydrogens (tertiary/aromatic N) is 3. The molecule has 0 aromatic carbocycles. The van der Waals surface area contributed by atoms with Gasteiger partial charge < -0.3 is 33.9 Å². The molecule has 0 aliphatic carbocycles. The van der Waals surface area contributed by atoms with Gasteiger partial charge in [0.1, 0.15) is 18.1 Å². The van der Waals surface area contributed by atoms with Crippen LogP contribution >= 0.6 is 0 Å². The summed E-state index contributed by atoms with van der Waals surface area (Å²) in [4.78, 5) is 33.9. The maximum Gasteiger partial charge on any atom is 0.319 e. The predicted octanol–water partition coefficient (Wildman–Crippen LogP) is 2.66. The van der Waals surface area contributed by atoms with Crippen molar-refractivity contribution in [2.75, 3.05) is 62.0 Å². The van der Waals surface area contributed by atoms with Gasteiger partial charge in [0.15, 0.2) is 12.1 Å². The summed E-state index contributed by atoms with van der Waals surface area (Å²) in [5.74, 6) is -1.40. The van der Waals surface area contributed by atoms with Gasteiger partial charge in [-0.2, -0.15) is 0 Å². The lowest BCUT2D eigenvalue weighted by molar-refractivity contribution is -0.295. The largest absolute Gasteiger partial charge is 0.463 e. The minimum atomic E-state index is -1.40. The summed E-state index contributed by atoms with van der Waals surface area (Å²) in [6, 6.07) is -0.136. The van der Waals surface area contributed by atoms with Crippen molar-refractivity contribution in [3.05, 3.63) is 0 Å². The number of aliphatic hydroxyl groups is 1. The van der Waals surface area contributed by atoms with Crippen LogP contribution in [0.4, 0.5) is 0 Å². The molecule has 2 aliphatic heterocycles. The fourth-order valence-corrected chi connectivity index (χ4v) is 6.54. The van der Waals surface area contributed by atoms with Crippen LogP contribution < -0.4 is 0 Å². The molecule has 10 nitrogen and oxygen atoms in total. The molecule has 2 aliphatic rings. The molecule has 2 heterocycles. The third-order valence-electron chi connectivity index (χ3n) is 9.15. The van der Waals surface area contributed by atoms with Crippen LogP contribution in [0.1, 0.15) is 67.2 Å². The Bertz CT molecular complexity index is 854. The van der Waals surface area contributed by atoms with Gasteiger partial charge in [-0.3, -0.25) is 14.5 Å². The van der Waals surface area contributed by atoms with Gasteiger partial charge in [0.25, 0.3) is 0 Å².